The lowest BCUT2D eigenvalue weighted by Crippen LogP contribution is -2.50. The zero-order chi connectivity index (χ0) is 19.1. The van der Waals surface area contributed by atoms with Crippen LogP contribution in [0.5, 0.6) is 0 Å². The van der Waals surface area contributed by atoms with Gasteiger partial charge in [0.15, 0.2) is 0 Å². The molecule has 1 aliphatic heterocycles. The van der Waals surface area contributed by atoms with Gasteiger partial charge in [-0.25, -0.2) is 4.39 Å². The number of rotatable bonds is 6. The smallest absolute Gasteiger partial charge is 0.238 e. The van der Waals surface area contributed by atoms with E-state index in [0.717, 1.165) is 12.3 Å². The van der Waals surface area contributed by atoms with E-state index in [1.807, 2.05) is 9.80 Å². The Morgan fingerprint density at radius 3 is 2.52 bits per heavy atom. The Bertz CT molecular complexity index is 638. The average Bonchev–Trinajstić information content (AvgIpc) is 2.67. The molecule has 1 aliphatic carbocycles. The second-order valence-corrected chi connectivity index (χ2v) is 7.76. The molecule has 1 saturated heterocycles. The zero-order valence-corrected chi connectivity index (χ0v) is 16.0. The van der Waals surface area contributed by atoms with E-state index in [1.54, 1.807) is 12.1 Å². The van der Waals surface area contributed by atoms with Gasteiger partial charge in [-0.05, 0) is 30.5 Å². The van der Waals surface area contributed by atoms with Crippen molar-refractivity contribution in [3.63, 3.8) is 0 Å². The molecular weight excluding hydrogens is 345 g/mol. The maximum Gasteiger partial charge on any atom is 0.238 e. The maximum absolute atomic E-state index is 13.2. The first kappa shape index (κ1) is 19.8. The van der Waals surface area contributed by atoms with Crippen molar-refractivity contribution in [3.8, 4) is 0 Å². The monoisotopic (exact) mass is 375 g/mol. The number of carbonyl (C=O) groups is 2. The van der Waals surface area contributed by atoms with Crippen LogP contribution >= 0.6 is 0 Å². The van der Waals surface area contributed by atoms with Gasteiger partial charge in [-0.1, -0.05) is 38.2 Å². The van der Waals surface area contributed by atoms with Crippen LogP contribution in [0.25, 0.3) is 0 Å². The minimum atomic E-state index is -0.367. The molecular formula is C21H30FN3O2. The van der Waals surface area contributed by atoms with E-state index in [-0.39, 0.29) is 24.2 Å². The van der Waals surface area contributed by atoms with Gasteiger partial charge in [0.2, 0.25) is 11.8 Å². The first-order valence-corrected chi connectivity index (χ1v) is 10.2. The van der Waals surface area contributed by atoms with Crippen LogP contribution in [0.15, 0.2) is 24.3 Å². The van der Waals surface area contributed by atoms with Crippen molar-refractivity contribution in [2.45, 2.75) is 44.9 Å². The van der Waals surface area contributed by atoms with E-state index in [9.17, 15) is 14.0 Å². The summed E-state index contributed by atoms with van der Waals surface area (Å²) >= 11 is 0. The largest absolute Gasteiger partial charge is 0.340 e. The number of nitrogens with zero attached hydrogens (tertiary/aromatic N) is 2. The van der Waals surface area contributed by atoms with Gasteiger partial charge in [0.05, 0.1) is 6.54 Å². The Hall–Kier alpha value is -1.95. The van der Waals surface area contributed by atoms with E-state index < -0.39 is 0 Å². The first-order chi connectivity index (χ1) is 13.1. The molecule has 0 atom stereocenters. The lowest BCUT2D eigenvalue weighted by molar-refractivity contribution is -0.133. The van der Waals surface area contributed by atoms with E-state index in [1.165, 1.54) is 44.2 Å². The molecule has 27 heavy (non-hydrogen) atoms. The van der Waals surface area contributed by atoms with Crippen molar-refractivity contribution in [1.82, 2.24) is 9.80 Å². The number of anilines is 1. The summed E-state index contributed by atoms with van der Waals surface area (Å²) in [5.74, 6) is 0.464. The highest BCUT2D eigenvalue weighted by atomic mass is 19.1. The number of nitrogens with one attached hydrogen (secondary N) is 1. The molecule has 0 unspecified atom stereocenters. The molecule has 0 aromatic heterocycles. The predicted octanol–water partition coefficient (Wildman–Crippen LogP) is 3.27. The fraction of sp³-hybridized carbons (Fsp3) is 0.619. The fourth-order valence-electron chi connectivity index (χ4n) is 4.09. The number of hydrogen-bond acceptors (Lipinski definition) is 3. The van der Waals surface area contributed by atoms with Crippen LogP contribution in [0.2, 0.25) is 0 Å². The molecule has 0 spiro atoms. The minimum absolute atomic E-state index is 0.155. The van der Waals surface area contributed by atoms with Crippen molar-refractivity contribution in [3.05, 3.63) is 30.1 Å². The number of piperazine rings is 1. The van der Waals surface area contributed by atoms with E-state index in [4.69, 9.17) is 0 Å². The van der Waals surface area contributed by atoms with Gasteiger partial charge in [0, 0.05) is 38.3 Å². The molecule has 6 heteroatoms. The molecule has 1 aromatic carbocycles. The van der Waals surface area contributed by atoms with Gasteiger partial charge < -0.3 is 10.2 Å². The molecule has 1 heterocycles. The van der Waals surface area contributed by atoms with E-state index >= 15 is 0 Å². The van der Waals surface area contributed by atoms with Crippen LogP contribution in [0, 0.1) is 11.7 Å². The molecule has 2 aliphatic rings. The molecule has 2 amide bonds. The van der Waals surface area contributed by atoms with Crippen LogP contribution < -0.4 is 5.32 Å². The lowest BCUT2D eigenvalue weighted by Gasteiger charge is -2.34. The molecule has 0 bridgehead atoms. The SMILES string of the molecule is O=C(CN1CCN(C(=O)CCC2CCCCC2)CC1)Nc1cccc(F)c1. The molecule has 1 N–H and O–H groups in total. The number of halogens is 1. The molecule has 148 valence electrons. The highest BCUT2D eigenvalue weighted by Gasteiger charge is 2.23. The fourth-order valence-corrected chi connectivity index (χ4v) is 4.09. The third-order valence-corrected chi connectivity index (χ3v) is 5.69. The van der Waals surface area contributed by atoms with Gasteiger partial charge in [-0.2, -0.15) is 0 Å². The highest BCUT2D eigenvalue weighted by Crippen LogP contribution is 2.27. The van der Waals surface area contributed by atoms with Crippen LogP contribution in [0.4, 0.5) is 10.1 Å². The Morgan fingerprint density at radius 1 is 1.07 bits per heavy atom. The first-order valence-electron chi connectivity index (χ1n) is 10.2. The van der Waals surface area contributed by atoms with Crippen LogP contribution in [0.3, 0.4) is 0 Å². The molecule has 3 rings (SSSR count). The summed E-state index contributed by atoms with van der Waals surface area (Å²) < 4.78 is 13.2. The summed E-state index contributed by atoms with van der Waals surface area (Å²) in [7, 11) is 0. The van der Waals surface area contributed by atoms with Crippen molar-refractivity contribution in [2.75, 3.05) is 38.0 Å². The third kappa shape index (κ3) is 6.31. The van der Waals surface area contributed by atoms with Crippen molar-refractivity contribution >= 4 is 17.5 Å². The quantitative estimate of drug-likeness (QED) is 0.830. The van der Waals surface area contributed by atoms with Crippen LogP contribution in [0.1, 0.15) is 44.9 Å². The molecule has 1 aromatic rings. The summed E-state index contributed by atoms with van der Waals surface area (Å²) in [6, 6.07) is 5.90. The van der Waals surface area contributed by atoms with E-state index in [2.05, 4.69) is 5.32 Å². The third-order valence-electron chi connectivity index (χ3n) is 5.69. The highest BCUT2D eigenvalue weighted by molar-refractivity contribution is 5.92. The number of amides is 2. The lowest BCUT2D eigenvalue weighted by atomic mass is 9.86. The molecule has 1 saturated carbocycles. The van der Waals surface area contributed by atoms with Crippen LogP contribution in [-0.2, 0) is 9.59 Å². The summed E-state index contributed by atoms with van der Waals surface area (Å²) in [5, 5.41) is 2.72. The molecule has 5 nitrogen and oxygen atoms in total. The van der Waals surface area contributed by atoms with Crippen molar-refractivity contribution in [1.29, 1.82) is 0 Å². The van der Waals surface area contributed by atoms with Gasteiger partial charge in [-0.3, -0.25) is 14.5 Å². The Morgan fingerprint density at radius 2 is 1.81 bits per heavy atom. The predicted molar refractivity (Wildman–Crippen MR) is 104 cm³/mol. The Balaban J connectivity index is 1.35. The average molecular weight is 375 g/mol. The molecule has 2 fully saturated rings. The maximum atomic E-state index is 13.2. The van der Waals surface area contributed by atoms with Crippen LogP contribution in [-0.4, -0.2) is 54.3 Å². The van der Waals surface area contributed by atoms with Gasteiger partial charge in [0.25, 0.3) is 0 Å². The second-order valence-electron chi connectivity index (χ2n) is 7.76. The Labute approximate surface area is 160 Å². The summed E-state index contributed by atoms with van der Waals surface area (Å²) in [4.78, 5) is 28.5. The van der Waals surface area contributed by atoms with Gasteiger partial charge in [0.1, 0.15) is 5.82 Å². The van der Waals surface area contributed by atoms with Crippen molar-refractivity contribution < 1.29 is 14.0 Å². The van der Waals surface area contributed by atoms with E-state index in [0.29, 0.717) is 38.3 Å². The topological polar surface area (TPSA) is 52.7 Å². The van der Waals surface area contributed by atoms with Gasteiger partial charge >= 0.3 is 0 Å². The standard InChI is InChI=1S/C21H30FN3O2/c22-18-7-4-8-19(15-18)23-20(26)16-24-11-13-25(14-12-24)21(27)10-9-17-5-2-1-3-6-17/h4,7-8,15,17H,1-3,5-6,9-14,16H2,(H,23,26). The van der Waals surface area contributed by atoms with Gasteiger partial charge in [-0.15, -0.1) is 0 Å². The number of carbonyl (C=O) groups excluding carboxylic acids is 2. The number of benzene rings is 1. The number of hydrogen-bond donors (Lipinski definition) is 1. The van der Waals surface area contributed by atoms with Crippen molar-refractivity contribution in [2.24, 2.45) is 5.92 Å². The summed E-state index contributed by atoms with van der Waals surface area (Å²) in [6.07, 6.45) is 8.21. The summed E-state index contributed by atoms with van der Waals surface area (Å²) in [6.45, 7) is 3.02. The molecule has 0 radical (unpaired) electrons. The summed E-state index contributed by atoms with van der Waals surface area (Å²) in [5.41, 5.74) is 0.469. The minimum Gasteiger partial charge on any atom is -0.340 e. The Kier molecular flexibility index (Phi) is 7.21. The normalized spacial score (nSPS) is 19.1. The zero-order valence-electron chi connectivity index (χ0n) is 16.0. The second kappa shape index (κ2) is 9.83.